The number of methoxy groups -OCH3 is 1. The molecule has 1 aliphatic heterocycles. The number of benzene rings is 2. The maximum Gasteiger partial charge on any atom is 0.173 e. The first-order valence-corrected chi connectivity index (χ1v) is 19.1. The van der Waals surface area contributed by atoms with Crippen molar-refractivity contribution in [1.29, 1.82) is 0 Å². The molecular formula is C43H57N3O6. The molecule has 2 aromatic rings. The molecule has 8 atom stereocenters. The van der Waals surface area contributed by atoms with Gasteiger partial charge in [-0.3, -0.25) is 9.59 Å². The topological polar surface area (TPSA) is 154 Å². The lowest BCUT2D eigenvalue weighted by atomic mass is 9.73. The van der Waals surface area contributed by atoms with Crippen molar-refractivity contribution in [3.05, 3.63) is 82.7 Å². The van der Waals surface area contributed by atoms with E-state index in [-0.39, 0.29) is 42.1 Å². The van der Waals surface area contributed by atoms with Gasteiger partial charge in [-0.25, -0.2) is 0 Å². The van der Waals surface area contributed by atoms with Crippen molar-refractivity contribution >= 4 is 11.6 Å². The van der Waals surface area contributed by atoms with E-state index in [9.17, 15) is 24.9 Å². The summed E-state index contributed by atoms with van der Waals surface area (Å²) in [6.45, 7) is 6.13. The fourth-order valence-electron chi connectivity index (χ4n) is 8.57. The van der Waals surface area contributed by atoms with Gasteiger partial charge >= 0.3 is 0 Å². The Balaban J connectivity index is 1.64. The Bertz CT molecular complexity index is 1660. The molecule has 8 unspecified atom stereocenters. The monoisotopic (exact) mass is 711 g/mol. The zero-order chi connectivity index (χ0) is 37.2. The summed E-state index contributed by atoms with van der Waals surface area (Å²) in [4.78, 5) is 28.1. The number of ketones is 2. The Kier molecular flexibility index (Phi) is 14.0. The fourth-order valence-corrected chi connectivity index (χ4v) is 8.57. The van der Waals surface area contributed by atoms with Crippen LogP contribution in [0.5, 0.6) is 11.5 Å². The summed E-state index contributed by atoms with van der Waals surface area (Å²) in [5, 5.41) is 40.5. The molecule has 52 heavy (non-hydrogen) atoms. The van der Waals surface area contributed by atoms with Crippen LogP contribution in [0.3, 0.4) is 0 Å². The maximum absolute atomic E-state index is 14.4. The van der Waals surface area contributed by atoms with E-state index < -0.39 is 41.5 Å². The molecule has 0 bridgehead atoms. The number of aliphatic hydroxyl groups is 2. The van der Waals surface area contributed by atoms with Crippen molar-refractivity contribution in [2.75, 3.05) is 26.7 Å². The number of hydrogen-bond acceptors (Lipinski definition) is 9. The maximum atomic E-state index is 14.4. The SMILES string of the molecule is CCCNCC(O)C(CCC)C1CC(CC2=CCNC(N)=C2)CC2C#CC(c3ccccc3)c3cc(O)c(OC)cc3CCC(=O)C(O)C(=O)C2C1. The number of aryl methyl sites for hydroxylation is 1. The summed E-state index contributed by atoms with van der Waals surface area (Å²) in [7, 11) is 1.48. The van der Waals surface area contributed by atoms with Crippen molar-refractivity contribution in [2.45, 2.75) is 89.8 Å². The average molecular weight is 712 g/mol. The van der Waals surface area contributed by atoms with E-state index in [1.807, 2.05) is 36.4 Å². The van der Waals surface area contributed by atoms with E-state index in [0.717, 1.165) is 60.9 Å². The number of allylic oxidation sites excluding steroid dienone is 2. The lowest BCUT2D eigenvalue weighted by Gasteiger charge is -2.34. The zero-order valence-electron chi connectivity index (χ0n) is 30.9. The highest BCUT2D eigenvalue weighted by Gasteiger charge is 2.43. The molecule has 9 nitrogen and oxygen atoms in total. The van der Waals surface area contributed by atoms with Crippen molar-refractivity contribution in [2.24, 2.45) is 35.3 Å². The number of carbonyl (C=O) groups excluding carboxylic acids is 2. The number of dihydropyridines is 1. The first kappa shape index (κ1) is 39.1. The van der Waals surface area contributed by atoms with Gasteiger partial charge in [-0.2, -0.15) is 0 Å². The molecule has 0 radical (unpaired) electrons. The van der Waals surface area contributed by atoms with Gasteiger partial charge in [-0.15, -0.1) is 0 Å². The van der Waals surface area contributed by atoms with E-state index in [4.69, 9.17) is 10.5 Å². The van der Waals surface area contributed by atoms with Gasteiger partial charge in [-0.05, 0) is 110 Å². The lowest BCUT2D eigenvalue weighted by Crippen LogP contribution is -2.41. The number of carbonyl (C=O) groups is 2. The Morgan fingerprint density at radius 1 is 1.06 bits per heavy atom. The smallest absolute Gasteiger partial charge is 0.173 e. The summed E-state index contributed by atoms with van der Waals surface area (Å²) in [6, 6.07) is 13.3. The van der Waals surface area contributed by atoms with Crippen molar-refractivity contribution in [3.63, 3.8) is 0 Å². The predicted molar refractivity (Wildman–Crippen MR) is 203 cm³/mol. The van der Waals surface area contributed by atoms with Crippen LogP contribution in [0, 0.1) is 41.4 Å². The highest BCUT2D eigenvalue weighted by Crippen LogP contribution is 2.45. The second-order valence-electron chi connectivity index (χ2n) is 14.9. The zero-order valence-corrected chi connectivity index (χ0v) is 30.9. The van der Waals surface area contributed by atoms with Crippen LogP contribution in [0.1, 0.15) is 87.8 Å². The summed E-state index contributed by atoms with van der Waals surface area (Å²) in [5.74, 6) is 5.42. The molecule has 2 aromatic carbocycles. The average Bonchev–Trinajstić information content (AvgIpc) is 3.31. The molecule has 2 aliphatic carbocycles. The molecule has 1 saturated carbocycles. The van der Waals surface area contributed by atoms with Crippen molar-refractivity contribution < 1.29 is 29.6 Å². The van der Waals surface area contributed by atoms with Crippen LogP contribution >= 0.6 is 0 Å². The number of fused-ring (bicyclic) bond motifs is 2. The van der Waals surface area contributed by atoms with Crippen molar-refractivity contribution in [3.8, 4) is 23.3 Å². The summed E-state index contributed by atoms with van der Waals surface area (Å²) >= 11 is 0. The van der Waals surface area contributed by atoms with E-state index in [2.05, 4.69) is 42.4 Å². The molecule has 9 heteroatoms. The van der Waals surface area contributed by atoms with Crippen LogP contribution < -0.4 is 21.1 Å². The fraction of sp³-hybridized carbons (Fsp3) is 0.535. The third-order valence-corrected chi connectivity index (χ3v) is 11.2. The number of aliphatic hydroxyl groups excluding tert-OH is 2. The number of nitrogens with two attached hydrogens (primary N) is 1. The summed E-state index contributed by atoms with van der Waals surface area (Å²) in [6.07, 6.45) is 7.09. The van der Waals surface area contributed by atoms with Crippen LogP contribution in [0.15, 0.2) is 66.0 Å². The Morgan fingerprint density at radius 3 is 2.56 bits per heavy atom. The van der Waals surface area contributed by atoms with Crippen LogP contribution in [0.2, 0.25) is 0 Å². The second-order valence-corrected chi connectivity index (χ2v) is 14.9. The highest BCUT2D eigenvalue weighted by molar-refractivity contribution is 6.06. The van der Waals surface area contributed by atoms with Gasteiger partial charge in [0.1, 0.15) is 0 Å². The minimum Gasteiger partial charge on any atom is -0.504 e. The third-order valence-electron chi connectivity index (χ3n) is 11.2. The second kappa shape index (κ2) is 18.6. The largest absolute Gasteiger partial charge is 0.504 e. The number of nitrogens with one attached hydrogen (secondary N) is 2. The minimum atomic E-state index is -1.77. The molecule has 0 spiro atoms. The molecule has 1 fully saturated rings. The molecular weight excluding hydrogens is 654 g/mol. The number of aromatic hydroxyl groups is 1. The van der Waals surface area contributed by atoms with Gasteiger partial charge in [0.05, 0.1) is 25.0 Å². The minimum absolute atomic E-state index is 0.0237. The molecule has 0 aromatic heterocycles. The van der Waals surface area contributed by atoms with Gasteiger partial charge in [-0.1, -0.05) is 68.5 Å². The first-order valence-electron chi connectivity index (χ1n) is 19.1. The molecule has 280 valence electrons. The number of ether oxygens (including phenoxy) is 1. The van der Waals surface area contributed by atoms with E-state index in [0.29, 0.717) is 31.8 Å². The van der Waals surface area contributed by atoms with Crippen LogP contribution in [0.4, 0.5) is 0 Å². The van der Waals surface area contributed by atoms with E-state index in [1.165, 1.54) is 7.11 Å². The Morgan fingerprint density at radius 2 is 1.85 bits per heavy atom. The number of rotatable bonds is 12. The van der Waals surface area contributed by atoms with Gasteiger partial charge in [0.15, 0.2) is 29.2 Å². The summed E-state index contributed by atoms with van der Waals surface area (Å²) < 4.78 is 5.43. The molecule has 0 saturated heterocycles. The first-order chi connectivity index (χ1) is 25.1. The third kappa shape index (κ3) is 9.65. The number of hydrogen-bond donors (Lipinski definition) is 6. The lowest BCUT2D eigenvalue weighted by molar-refractivity contribution is -0.142. The molecule has 7 N–H and O–H groups in total. The van der Waals surface area contributed by atoms with Gasteiger partial charge in [0.2, 0.25) is 0 Å². The van der Waals surface area contributed by atoms with Crippen LogP contribution in [-0.2, 0) is 16.0 Å². The number of Topliss-reactive ketones (excluding diaryl/α,β-unsaturated/α-hetero) is 2. The van der Waals surface area contributed by atoms with Gasteiger partial charge in [0, 0.05) is 31.3 Å². The molecule has 1 heterocycles. The quantitative estimate of drug-likeness (QED) is 0.100. The normalized spacial score (nSPS) is 26.3. The van der Waals surface area contributed by atoms with Crippen LogP contribution in [-0.4, -0.2) is 65.8 Å². The molecule has 3 aliphatic rings. The van der Waals surface area contributed by atoms with E-state index in [1.54, 1.807) is 12.1 Å². The molecule has 5 rings (SSSR count). The number of phenols is 1. The van der Waals surface area contributed by atoms with Crippen molar-refractivity contribution in [1.82, 2.24) is 10.6 Å². The Labute approximate surface area is 309 Å². The predicted octanol–water partition coefficient (Wildman–Crippen LogP) is 5.13. The number of phenolic OH excluding ortho intramolecular Hbond substituents is 1. The van der Waals surface area contributed by atoms with Gasteiger partial charge in [0.25, 0.3) is 0 Å². The van der Waals surface area contributed by atoms with Crippen LogP contribution in [0.25, 0.3) is 0 Å². The summed E-state index contributed by atoms with van der Waals surface area (Å²) in [5.41, 5.74) is 9.76. The van der Waals surface area contributed by atoms with E-state index >= 15 is 0 Å². The van der Waals surface area contributed by atoms with Gasteiger partial charge < -0.3 is 36.4 Å². The highest BCUT2D eigenvalue weighted by atomic mass is 16.5. The standard InChI is InChI=1S/C43H57N3O6/c1-4-9-34(39(49)26-45-17-5-2)32-21-28(19-27-16-18-46-41(44)22-27)20-30-12-14-33(29-10-7-6-8-11-29)35-25-38(48)40(52-3)24-31(35)13-15-37(47)43(51)42(50)36(30)23-32/h6-8,10-11,16,22,24-25,28,30,32-34,36,39,43,45-46,48-49,51H,4-5,9,13,15,17-21,23,26,44H2,1-3H3. The Hall–Kier alpha value is -4.10. The molecule has 0 amide bonds.